The molecule has 3 heterocycles. The number of aryl methyl sites for hydroxylation is 1. The van der Waals surface area contributed by atoms with Crippen LogP contribution in [0, 0.1) is 13.8 Å². The summed E-state index contributed by atoms with van der Waals surface area (Å²) in [7, 11) is 0. The second-order valence-corrected chi connectivity index (χ2v) is 8.41. The first-order valence-electron chi connectivity index (χ1n) is 10.8. The molecule has 1 amide bonds. The van der Waals surface area contributed by atoms with Crippen LogP contribution >= 0.6 is 0 Å². The number of likely N-dealkylation sites (tertiary alicyclic amines) is 2. The van der Waals surface area contributed by atoms with Crippen LogP contribution in [0.2, 0.25) is 0 Å². The Labute approximate surface area is 184 Å². The maximum atomic E-state index is 13.3. The summed E-state index contributed by atoms with van der Waals surface area (Å²) in [5, 5.41) is 14.0. The lowest BCUT2D eigenvalue weighted by Gasteiger charge is -2.29. The van der Waals surface area contributed by atoms with Crippen molar-refractivity contribution >= 4 is 5.91 Å². The van der Waals surface area contributed by atoms with Crippen LogP contribution < -0.4 is 4.74 Å². The topological polar surface area (TPSA) is 70.8 Å². The van der Waals surface area contributed by atoms with E-state index in [-0.39, 0.29) is 30.3 Å². The first kappa shape index (κ1) is 22.6. The van der Waals surface area contributed by atoms with Gasteiger partial charge in [-0.25, -0.2) is 4.68 Å². The van der Waals surface area contributed by atoms with Crippen LogP contribution in [-0.2, 0) is 0 Å². The number of carbonyl (C=O) groups is 1. The molecule has 2 aromatic rings. The van der Waals surface area contributed by atoms with Gasteiger partial charge in [-0.15, -0.1) is 13.2 Å². The van der Waals surface area contributed by atoms with Crippen molar-refractivity contribution in [1.82, 2.24) is 19.6 Å². The molecule has 2 aliphatic rings. The Balaban J connectivity index is 1.54. The molecule has 7 nitrogen and oxygen atoms in total. The van der Waals surface area contributed by atoms with Crippen LogP contribution in [0.3, 0.4) is 0 Å². The number of aliphatic hydroxyl groups excluding tert-OH is 1. The Morgan fingerprint density at radius 1 is 1.25 bits per heavy atom. The van der Waals surface area contributed by atoms with Gasteiger partial charge in [0.05, 0.1) is 29.2 Å². The maximum Gasteiger partial charge on any atom is 0.573 e. The number of ether oxygens (including phenoxy) is 1. The van der Waals surface area contributed by atoms with Gasteiger partial charge in [0.1, 0.15) is 5.75 Å². The third-order valence-electron chi connectivity index (χ3n) is 6.35. The van der Waals surface area contributed by atoms with Crippen molar-refractivity contribution < 1.29 is 27.8 Å². The van der Waals surface area contributed by atoms with E-state index in [1.54, 1.807) is 19.9 Å². The Kier molecular flexibility index (Phi) is 6.17. The Morgan fingerprint density at radius 2 is 2.03 bits per heavy atom. The minimum absolute atomic E-state index is 0.129. The molecule has 2 saturated heterocycles. The summed E-state index contributed by atoms with van der Waals surface area (Å²) in [6, 6.07) is 5.92. The SMILES string of the molecule is Cc1nn(-c2cccc(OC(F)(F)F)c2)c(C)c1C(=O)N1CC[C@@H](N2CCC[C@@H]2CO)C1. The minimum Gasteiger partial charge on any atom is -0.406 e. The molecule has 32 heavy (non-hydrogen) atoms. The van der Waals surface area contributed by atoms with Gasteiger partial charge in [-0.3, -0.25) is 9.69 Å². The molecule has 10 heteroatoms. The highest BCUT2D eigenvalue weighted by molar-refractivity contribution is 5.96. The highest BCUT2D eigenvalue weighted by Gasteiger charge is 2.37. The Hall–Kier alpha value is -2.59. The predicted octanol–water partition coefficient (Wildman–Crippen LogP) is 3.06. The second-order valence-electron chi connectivity index (χ2n) is 8.41. The van der Waals surface area contributed by atoms with Gasteiger partial charge in [0.25, 0.3) is 5.91 Å². The third-order valence-corrected chi connectivity index (χ3v) is 6.35. The van der Waals surface area contributed by atoms with Crippen LogP contribution in [0.5, 0.6) is 5.75 Å². The normalized spacial score (nSPS) is 22.0. The van der Waals surface area contributed by atoms with Crippen molar-refractivity contribution in [3.63, 3.8) is 0 Å². The summed E-state index contributed by atoms with van der Waals surface area (Å²) in [6.07, 6.45) is -1.91. The molecule has 0 unspecified atom stereocenters. The molecule has 2 aliphatic heterocycles. The van der Waals surface area contributed by atoms with Gasteiger partial charge < -0.3 is 14.7 Å². The maximum absolute atomic E-state index is 13.3. The van der Waals surface area contributed by atoms with E-state index in [1.165, 1.54) is 22.9 Å². The van der Waals surface area contributed by atoms with Crippen LogP contribution in [-0.4, -0.2) is 75.3 Å². The zero-order chi connectivity index (χ0) is 23.0. The lowest BCUT2D eigenvalue weighted by molar-refractivity contribution is -0.274. The lowest BCUT2D eigenvalue weighted by Crippen LogP contribution is -2.43. The van der Waals surface area contributed by atoms with E-state index in [2.05, 4.69) is 14.7 Å². The van der Waals surface area contributed by atoms with E-state index in [0.717, 1.165) is 25.8 Å². The second kappa shape index (κ2) is 8.74. The average Bonchev–Trinajstić information content (AvgIpc) is 3.44. The van der Waals surface area contributed by atoms with Crippen molar-refractivity contribution in [2.75, 3.05) is 26.2 Å². The molecule has 4 rings (SSSR count). The first-order chi connectivity index (χ1) is 15.2. The third kappa shape index (κ3) is 4.47. The van der Waals surface area contributed by atoms with Crippen LogP contribution in [0.15, 0.2) is 24.3 Å². The fourth-order valence-corrected chi connectivity index (χ4v) is 4.91. The van der Waals surface area contributed by atoms with E-state index in [1.807, 2.05) is 4.90 Å². The number of alkyl halides is 3. The van der Waals surface area contributed by atoms with Crippen molar-refractivity contribution in [3.8, 4) is 11.4 Å². The van der Waals surface area contributed by atoms with Crippen LogP contribution in [0.1, 0.15) is 41.0 Å². The molecule has 0 saturated carbocycles. The highest BCUT2D eigenvalue weighted by atomic mass is 19.4. The summed E-state index contributed by atoms with van der Waals surface area (Å²) in [5.74, 6) is -0.474. The summed E-state index contributed by atoms with van der Waals surface area (Å²) in [6.45, 7) is 5.74. The number of halogens is 3. The molecule has 2 atom stereocenters. The van der Waals surface area contributed by atoms with Crippen molar-refractivity contribution in [1.29, 1.82) is 0 Å². The number of hydrogen-bond acceptors (Lipinski definition) is 5. The number of rotatable bonds is 5. The Morgan fingerprint density at radius 3 is 2.75 bits per heavy atom. The van der Waals surface area contributed by atoms with Crippen molar-refractivity contribution in [2.24, 2.45) is 0 Å². The molecule has 174 valence electrons. The number of nitrogens with zero attached hydrogens (tertiary/aromatic N) is 4. The number of hydrogen-bond donors (Lipinski definition) is 1. The van der Waals surface area contributed by atoms with Gasteiger partial charge in [0, 0.05) is 31.2 Å². The standard InChI is InChI=1S/C22H27F3N4O3/c1-14-20(21(31)27-10-8-17(12-27)28-9-4-6-18(28)13-30)15(2)29(26-14)16-5-3-7-19(11-16)32-22(23,24)25/h3,5,7,11,17-18,30H,4,6,8-10,12-13H2,1-2H3/t17-,18-/m1/s1. The average molecular weight is 452 g/mol. The summed E-state index contributed by atoms with van der Waals surface area (Å²) >= 11 is 0. The summed E-state index contributed by atoms with van der Waals surface area (Å²) < 4.78 is 43.2. The first-order valence-corrected chi connectivity index (χ1v) is 10.8. The van der Waals surface area contributed by atoms with Gasteiger partial charge in [0.2, 0.25) is 0 Å². The fourth-order valence-electron chi connectivity index (χ4n) is 4.91. The van der Waals surface area contributed by atoms with Gasteiger partial charge in [-0.2, -0.15) is 5.10 Å². The number of amides is 1. The van der Waals surface area contributed by atoms with Crippen LogP contribution in [0.4, 0.5) is 13.2 Å². The molecular formula is C22H27F3N4O3. The molecule has 0 spiro atoms. The van der Waals surface area contributed by atoms with Gasteiger partial charge in [-0.1, -0.05) is 6.07 Å². The van der Waals surface area contributed by atoms with Gasteiger partial charge in [0.15, 0.2) is 0 Å². The van der Waals surface area contributed by atoms with E-state index in [4.69, 9.17) is 0 Å². The van der Waals surface area contributed by atoms with E-state index in [0.29, 0.717) is 35.7 Å². The minimum atomic E-state index is -4.79. The fraction of sp³-hybridized carbons (Fsp3) is 0.545. The molecule has 0 bridgehead atoms. The zero-order valence-corrected chi connectivity index (χ0v) is 18.1. The molecule has 1 aromatic carbocycles. The quantitative estimate of drug-likeness (QED) is 0.755. The molecular weight excluding hydrogens is 425 g/mol. The van der Waals surface area contributed by atoms with Gasteiger partial charge in [-0.05, 0) is 51.8 Å². The summed E-state index contributed by atoms with van der Waals surface area (Å²) in [4.78, 5) is 17.4. The molecule has 1 aromatic heterocycles. The highest BCUT2D eigenvalue weighted by Crippen LogP contribution is 2.29. The van der Waals surface area contributed by atoms with E-state index >= 15 is 0 Å². The smallest absolute Gasteiger partial charge is 0.406 e. The number of aliphatic hydroxyl groups is 1. The number of carbonyl (C=O) groups excluding carboxylic acids is 1. The molecule has 1 N–H and O–H groups in total. The molecule has 0 aliphatic carbocycles. The Bertz CT molecular complexity index is 991. The lowest BCUT2D eigenvalue weighted by atomic mass is 10.1. The van der Waals surface area contributed by atoms with E-state index in [9.17, 15) is 23.1 Å². The van der Waals surface area contributed by atoms with Crippen LogP contribution in [0.25, 0.3) is 5.69 Å². The monoisotopic (exact) mass is 452 g/mol. The number of aromatic nitrogens is 2. The summed E-state index contributed by atoms with van der Waals surface area (Å²) in [5.41, 5.74) is 1.93. The molecule has 2 fully saturated rings. The predicted molar refractivity (Wildman–Crippen MR) is 111 cm³/mol. The van der Waals surface area contributed by atoms with Crippen molar-refractivity contribution in [2.45, 2.75) is 51.6 Å². The molecule has 0 radical (unpaired) electrons. The zero-order valence-electron chi connectivity index (χ0n) is 18.1. The largest absolute Gasteiger partial charge is 0.573 e. The number of benzene rings is 1. The van der Waals surface area contributed by atoms with Crippen molar-refractivity contribution in [3.05, 3.63) is 41.2 Å². The van der Waals surface area contributed by atoms with E-state index < -0.39 is 6.36 Å². The van der Waals surface area contributed by atoms with Gasteiger partial charge >= 0.3 is 6.36 Å².